The summed E-state index contributed by atoms with van der Waals surface area (Å²) >= 11 is 0. The van der Waals surface area contributed by atoms with E-state index in [1.165, 1.54) is 20.4 Å². The highest BCUT2D eigenvalue weighted by molar-refractivity contribution is 6.47. The molecule has 8 heteroatoms. The summed E-state index contributed by atoms with van der Waals surface area (Å²) in [5, 5.41) is 0. The molecule has 3 saturated carbocycles. The minimum Gasteiger partial charge on any atom is -0.404 e. The first-order valence-electron chi connectivity index (χ1n) is 11.2. The fourth-order valence-electron chi connectivity index (χ4n) is 6.61. The molecule has 31 heavy (non-hydrogen) atoms. The molecule has 3 heterocycles. The minimum absolute atomic E-state index is 0.0250. The third-order valence-electron chi connectivity index (χ3n) is 8.46. The molecule has 7 rings (SSSR count). The van der Waals surface area contributed by atoms with E-state index in [9.17, 15) is 9.59 Å². The second kappa shape index (κ2) is 6.14. The normalized spacial score (nSPS) is 35.2. The first-order valence-corrected chi connectivity index (χ1v) is 11.2. The SMILES string of the molecule is CC1=C[C@H](B2O[C@@H]3C[C@@H]4C[C@@H](C4(C)C)[C@]3(C)O2)n2c(=O)n(-c3ccccc3)c(=O)n2C1. The van der Waals surface area contributed by atoms with Gasteiger partial charge < -0.3 is 9.31 Å². The zero-order chi connectivity index (χ0) is 21.7. The predicted molar refractivity (Wildman–Crippen MR) is 117 cm³/mol. The quantitative estimate of drug-likeness (QED) is 0.552. The number of rotatable bonds is 2. The van der Waals surface area contributed by atoms with Gasteiger partial charge in [-0.1, -0.05) is 43.7 Å². The summed E-state index contributed by atoms with van der Waals surface area (Å²) in [5.74, 6) is 0.624. The number of aromatic nitrogens is 3. The molecule has 5 atom stereocenters. The van der Waals surface area contributed by atoms with Crippen LogP contribution in [-0.2, 0) is 15.9 Å². The van der Waals surface area contributed by atoms with Crippen LogP contribution < -0.4 is 11.4 Å². The van der Waals surface area contributed by atoms with Gasteiger partial charge in [0.05, 0.1) is 23.9 Å². The smallest absolute Gasteiger partial charge is 0.404 e. The van der Waals surface area contributed by atoms with Gasteiger partial charge in [0, 0.05) is 0 Å². The number of nitrogens with zero attached hydrogens (tertiary/aromatic N) is 3. The van der Waals surface area contributed by atoms with Crippen LogP contribution in [0.3, 0.4) is 0 Å². The van der Waals surface area contributed by atoms with Crippen LogP contribution in [0.4, 0.5) is 0 Å². The molecule has 0 unspecified atom stereocenters. The second-order valence-electron chi connectivity index (χ2n) is 10.5. The lowest BCUT2D eigenvalue weighted by atomic mass is 9.43. The molecular formula is C23H28BN3O4. The maximum atomic E-state index is 13.4. The molecule has 0 spiro atoms. The Bertz CT molecular complexity index is 1210. The van der Waals surface area contributed by atoms with Gasteiger partial charge in [-0.3, -0.25) is 0 Å². The number of benzene rings is 1. The van der Waals surface area contributed by atoms with Crippen LogP contribution in [0.15, 0.2) is 51.6 Å². The van der Waals surface area contributed by atoms with Crippen LogP contribution in [0.1, 0.15) is 46.5 Å². The fourth-order valence-corrected chi connectivity index (χ4v) is 6.61. The Hall–Kier alpha value is -2.32. The molecule has 1 saturated heterocycles. The lowest BCUT2D eigenvalue weighted by molar-refractivity contribution is -0.199. The van der Waals surface area contributed by atoms with Gasteiger partial charge in [-0.15, -0.1) is 0 Å². The molecule has 162 valence electrons. The molecular weight excluding hydrogens is 393 g/mol. The molecule has 2 bridgehead atoms. The summed E-state index contributed by atoms with van der Waals surface area (Å²) in [7, 11) is -0.588. The topological polar surface area (TPSA) is 67.4 Å². The average Bonchev–Trinajstić information content (AvgIpc) is 3.22. The summed E-state index contributed by atoms with van der Waals surface area (Å²) in [6, 6.07) is 9.07. The summed E-state index contributed by atoms with van der Waals surface area (Å²) in [6.07, 6.45) is 4.21. The van der Waals surface area contributed by atoms with Crippen molar-refractivity contribution in [2.45, 2.75) is 64.7 Å². The van der Waals surface area contributed by atoms with Crippen LogP contribution in [-0.4, -0.2) is 32.8 Å². The Kier molecular flexibility index (Phi) is 3.83. The highest BCUT2D eigenvalue weighted by Gasteiger charge is 2.68. The number of fused-ring (bicyclic) bond motifs is 1. The van der Waals surface area contributed by atoms with Crippen LogP contribution in [0.25, 0.3) is 5.69 Å². The van der Waals surface area contributed by atoms with Gasteiger partial charge in [-0.25, -0.2) is 23.5 Å². The molecule has 2 aliphatic heterocycles. The Morgan fingerprint density at radius 3 is 2.52 bits per heavy atom. The Labute approximate surface area is 181 Å². The Morgan fingerprint density at radius 1 is 1.06 bits per heavy atom. The molecule has 7 nitrogen and oxygen atoms in total. The maximum Gasteiger partial charge on any atom is 0.488 e. The van der Waals surface area contributed by atoms with Gasteiger partial charge in [0.15, 0.2) is 0 Å². The highest BCUT2D eigenvalue weighted by Crippen LogP contribution is 2.66. The van der Waals surface area contributed by atoms with E-state index in [0.717, 1.165) is 12.0 Å². The lowest BCUT2D eigenvalue weighted by Gasteiger charge is -2.64. The van der Waals surface area contributed by atoms with E-state index >= 15 is 0 Å². The van der Waals surface area contributed by atoms with Crippen molar-refractivity contribution in [2.75, 3.05) is 0 Å². The van der Waals surface area contributed by atoms with E-state index in [-0.39, 0.29) is 28.5 Å². The van der Waals surface area contributed by atoms with Crippen molar-refractivity contribution < 1.29 is 9.31 Å². The Balaban J connectivity index is 1.42. The maximum absolute atomic E-state index is 13.4. The van der Waals surface area contributed by atoms with Crippen molar-refractivity contribution >= 4 is 7.12 Å². The fraction of sp³-hybridized carbons (Fsp3) is 0.565. The van der Waals surface area contributed by atoms with Crippen molar-refractivity contribution in [2.24, 2.45) is 17.3 Å². The monoisotopic (exact) mass is 421 g/mol. The first kappa shape index (κ1) is 19.4. The van der Waals surface area contributed by atoms with Crippen molar-refractivity contribution in [3.8, 4) is 5.69 Å². The standard InChI is InChI=1S/C23H28BN3O4/c1-14-10-19(24-30-18-12-15-11-17(22(15,2)3)23(18,4)31-24)27-21(29)26(20(28)25(27)13-14)16-8-6-5-7-9-16/h5-10,15,17-19H,11-13H2,1-4H3/t15-,17-,18+,19+,23-/m0/s1. The summed E-state index contributed by atoms with van der Waals surface area (Å²) in [4.78, 5) is 26.6. The summed E-state index contributed by atoms with van der Waals surface area (Å²) in [5.41, 5.74) is 0.783. The van der Waals surface area contributed by atoms with E-state index in [0.29, 0.717) is 24.1 Å². The van der Waals surface area contributed by atoms with Crippen LogP contribution >= 0.6 is 0 Å². The molecule has 5 aliphatic rings. The van der Waals surface area contributed by atoms with Crippen molar-refractivity contribution in [3.05, 3.63) is 62.9 Å². The van der Waals surface area contributed by atoms with E-state index in [1.807, 2.05) is 31.2 Å². The predicted octanol–water partition coefficient (Wildman–Crippen LogP) is 2.57. The summed E-state index contributed by atoms with van der Waals surface area (Å²) < 4.78 is 17.4. The van der Waals surface area contributed by atoms with E-state index < -0.39 is 13.1 Å². The molecule has 0 amide bonds. The lowest BCUT2D eigenvalue weighted by Crippen LogP contribution is -2.65. The molecule has 1 aromatic carbocycles. The number of hydrogen-bond donors (Lipinski definition) is 0. The zero-order valence-electron chi connectivity index (χ0n) is 18.4. The van der Waals surface area contributed by atoms with Gasteiger partial charge in [0.1, 0.15) is 5.94 Å². The van der Waals surface area contributed by atoms with Crippen LogP contribution in [0.5, 0.6) is 0 Å². The molecule has 1 aromatic heterocycles. The summed E-state index contributed by atoms with van der Waals surface area (Å²) in [6.45, 7) is 9.20. The Morgan fingerprint density at radius 2 is 1.81 bits per heavy atom. The van der Waals surface area contributed by atoms with Crippen LogP contribution in [0, 0.1) is 17.3 Å². The average molecular weight is 421 g/mol. The highest BCUT2D eigenvalue weighted by atomic mass is 16.7. The molecule has 0 radical (unpaired) electrons. The third kappa shape index (κ3) is 2.43. The van der Waals surface area contributed by atoms with E-state index in [2.05, 4.69) is 20.8 Å². The molecule has 3 aliphatic carbocycles. The minimum atomic E-state index is -0.588. The molecule has 2 aromatic rings. The van der Waals surface area contributed by atoms with E-state index in [1.54, 1.807) is 12.1 Å². The molecule has 0 N–H and O–H groups in total. The third-order valence-corrected chi connectivity index (χ3v) is 8.46. The number of allylic oxidation sites excluding steroid dienone is 2. The van der Waals surface area contributed by atoms with Gasteiger partial charge in [-0.05, 0) is 56.1 Å². The molecule has 4 fully saturated rings. The van der Waals surface area contributed by atoms with Crippen LogP contribution in [0.2, 0.25) is 0 Å². The van der Waals surface area contributed by atoms with Crippen molar-refractivity contribution in [3.63, 3.8) is 0 Å². The number of para-hydroxylation sites is 1. The second-order valence-corrected chi connectivity index (χ2v) is 10.5. The van der Waals surface area contributed by atoms with Crippen molar-refractivity contribution in [1.82, 2.24) is 13.9 Å². The van der Waals surface area contributed by atoms with Gasteiger partial charge in [0.2, 0.25) is 0 Å². The van der Waals surface area contributed by atoms with Gasteiger partial charge in [0.25, 0.3) is 0 Å². The zero-order valence-corrected chi connectivity index (χ0v) is 18.4. The first-order chi connectivity index (χ1) is 14.7. The largest absolute Gasteiger partial charge is 0.488 e. The van der Waals surface area contributed by atoms with Gasteiger partial charge >= 0.3 is 18.5 Å². The van der Waals surface area contributed by atoms with Crippen molar-refractivity contribution in [1.29, 1.82) is 0 Å². The van der Waals surface area contributed by atoms with E-state index in [4.69, 9.17) is 9.31 Å². The van der Waals surface area contributed by atoms with Gasteiger partial charge in [-0.2, -0.15) is 0 Å². The number of hydrogen-bond acceptors (Lipinski definition) is 4.